The number of hydrogen-bond acceptors (Lipinski definition) is 9. The number of nitrogens with one attached hydrogen (secondary N) is 1. The van der Waals surface area contributed by atoms with E-state index in [1.54, 1.807) is 0 Å². The third-order valence-corrected chi connectivity index (χ3v) is 5.57. The number of hydrazine groups is 1. The van der Waals surface area contributed by atoms with Crippen molar-refractivity contribution in [3.8, 4) is 0 Å². The van der Waals surface area contributed by atoms with Crippen LogP contribution in [-0.4, -0.2) is 71.6 Å². The van der Waals surface area contributed by atoms with Gasteiger partial charge in [-0.05, 0) is 19.4 Å². The molecule has 1 aromatic heterocycles. The topological polar surface area (TPSA) is 240 Å². The smallest absolute Gasteiger partial charge is 0.374 e. The number of H-pyrrole nitrogens is 1. The van der Waals surface area contributed by atoms with E-state index in [4.69, 9.17) is 16.0 Å². The highest BCUT2D eigenvalue weighted by Gasteiger charge is 2.46. The Morgan fingerprint density at radius 2 is 2.13 bits per heavy atom. The summed E-state index contributed by atoms with van der Waals surface area (Å²) >= 11 is 0. The third kappa shape index (κ3) is 5.20. The number of carbonyl (C=O) groups excluding carboxylic acids is 1. The van der Waals surface area contributed by atoms with Crippen molar-refractivity contribution in [2.75, 3.05) is 7.05 Å². The van der Waals surface area contributed by atoms with E-state index in [2.05, 4.69) is 15.0 Å². The van der Waals surface area contributed by atoms with Crippen LogP contribution in [0.5, 0.6) is 0 Å². The van der Waals surface area contributed by atoms with Crippen molar-refractivity contribution in [3.05, 3.63) is 43.0 Å². The fraction of sp³-hybridized carbons (Fsp3) is 0.643. The van der Waals surface area contributed by atoms with Crippen LogP contribution in [0.15, 0.2) is 20.9 Å². The number of aromatic nitrogens is 2. The lowest BCUT2D eigenvalue weighted by atomic mass is 10.1. The minimum atomic E-state index is -5.25. The lowest BCUT2D eigenvalue weighted by molar-refractivity contribution is -0.177. The number of amides is 1. The Balaban J connectivity index is 2.40. The Morgan fingerprint density at radius 3 is 2.65 bits per heavy atom. The molecule has 0 spiro atoms. The lowest BCUT2D eigenvalue weighted by Gasteiger charge is -2.38. The van der Waals surface area contributed by atoms with Crippen molar-refractivity contribution in [1.82, 2.24) is 19.3 Å². The molecule has 2 heterocycles. The normalized spacial score (nSPS) is 23.3. The number of aliphatic hydroxyl groups excluding tert-OH is 1. The number of hydrogen-bond donors (Lipinski definition) is 5. The number of aromatic amines is 1. The largest absolute Gasteiger partial charge is 0.447 e. The highest BCUT2D eigenvalue weighted by molar-refractivity contribution is 7.49. The first-order valence-corrected chi connectivity index (χ1v) is 10.4. The van der Waals surface area contributed by atoms with Gasteiger partial charge in [0.1, 0.15) is 12.3 Å². The van der Waals surface area contributed by atoms with Crippen LogP contribution in [0.1, 0.15) is 25.1 Å². The zero-order valence-corrected chi connectivity index (χ0v) is 17.7. The van der Waals surface area contributed by atoms with Gasteiger partial charge in [0.05, 0.1) is 12.1 Å². The molecule has 0 radical (unpaired) electrons. The standard InChI is InChI=1S/C14H23N8O8P/c1-6-5-21(14(26)17-11(6)23)9-4-8(18-19-16)10(30-9)13(25)20(3)22(31(27,28)29)12(24)7(2)15/h5,7-10,13,25H,4,15H2,1-3H3,(H,17,23,26)(H2,27,28,29)/t7-,8-,9+,10-,13?/m0/s1. The second-order valence-electron chi connectivity index (χ2n) is 6.96. The zero-order valence-electron chi connectivity index (χ0n) is 16.8. The van der Waals surface area contributed by atoms with Gasteiger partial charge >= 0.3 is 13.4 Å². The Morgan fingerprint density at radius 1 is 1.52 bits per heavy atom. The average molecular weight is 462 g/mol. The minimum Gasteiger partial charge on any atom is -0.374 e. The fourth-order valence-electron chi connectivity index (χ4n) is 3.07. The summed E-state index contributed by atoms with van der Waals surface area (Å²) in [4.78, 5) is 59.8. The van der Waals surface area contributed by atoms with Crippen molar-refractivity contribution >= 4 is 13.7 Å². The molecule has 1 saturated heterocycles. The molecule has 0 aromatic carbocycles. The summed E-state index contributed by atoms with van der Waals surface area (Å²) in [6.45, 7) is 2.65. The van der Waals surface area contributed by atoms with Crippen LogP contribution in [0.3, 0.4) is 0 Å². The second kappa shape index (κ2) is 9.30. The molecular formula is C14H23N8O8P. The molecule has 1 aromatic rings. The van der Waals surface area contributed by atoms with Gasteiger partial charge in [0.25, 0.3) is 11.5 Å². The van der Waals surface area contributed by atoms with Gasteiger partial charge in [0.15, 0.2) is 6.23 Å². The first-order chi connectivity index (χ1) is 14.3. The number of aryl methyl sites for hydroxylation is 1. The number of carbonyl (C=O) groups is 1. The molecule has 5 atom stereocenters. The average Bonchev–Trinajstić information content (AvgIpc) is 3.06. The van der Waals surface area contributed by atoms with Crippen LogP contribution in [0.2, 0.25) is 0 Å². The van der Waals surface area contributed by atoms with Crippen molar-refractivity contribution in [3.63, 3.8) is 0 Å². The molecule has 2 rings (SSSR count). The monoisotopic (exact) mass is 462 g/mol. The first-order valence-electron chi connectivity index (χ1n) is 8.87. The van der Waals surface area contributed by atoms with Crippen molar-refractivity contribution in [2.24, 2.45) is 10.8 Å². The van der Waals surface area contributed by atoms with Crippen molar-refractivity contribution in [1.29, 1.82) is 0 Å². The molecule has 1 aliphatic rings. The molecule has 31 heavy (non-hydrogen) atoms. The molecule has 0 saturated carbocycles. The van der Waals surface area contributed by atoms with E-state index >= 15 is 0 Å². The Hall–Kier alpha value is -2.55. The summed E-state index contributed by atoms with van der Waals surface area (Å²) in [6.07, 6.45) is -3.27. The summed E-state index contributed by atoms with van der Waals surface area (Å²) < 4.78 is 18.5. The predicted octanol–water partition coefficient (Wildman–Crippen LogP) is -1.75. The maximum absolute atomic E-state index is 12.2. The quantitative estimate of drug-likeness (QED) is 0.0763. The van der Waals surface area contributed by atoms with E-state index in [0.29, 0.717) is 5.01 Å². The number of nitrogens with zero attached hydrogens (tertiary/aromatic N) is 6. The van der Waals surface area contributed by atoms with E-state index in [1.165, 1.54) is 20.0 Å². The fourth-order valence-corrected chi connectivity index (χ4v) is 3.98. The van der Waals surface area contributed by atoms with Crippen LogP contribution in [0.25, 0.3) is 10.4 Å². The molecular weight excluding hydrogens is 439 g/mol. The van der Waals surface area contributed by atoms with Crippen LogP contribution in [-0.2, 0) is 14.1 Å². The van der Waals surface area contributed by atoms with Gasteiger partial charge in [-0.25, -0.2) is 9.36 Å². The Labute approximate surface area is 174 Å². The molecule has 1 fully saturated rings. The summed E-state index contributed by atoms with van der Waals surface area (Å²) in [5.41, 5.74) is 13.1. The summed E-state index contributed by atoms with van der Waals surface area (Å²) in [7, 11) is -4.24. The number of ether oxygens (including phenoxy) is 1. The number of rotatable bonds is 7. The SMILES string of the molecule is Cc1cn([C@H]2C[C@H](N=[N+]=[N-])[C@@H](C(O)N(C)N(C(=O)[C@H](C)N)P(=O)(O)O)O2)c(=O)[nH]c1=O. The molecule has 0 aliphatic carbocycles. The summed E-state index contributed by atoms with van der Waals surface area (Å²) in [5.74, 6) is -1.18. The van der Waals surface area contributed by atoms with Gasteiger partial charge in [-0.3, -0.25) is 19.1 Å². The zero-order chi connectivity index (χ0) is 23.7. The maximum Gasteiger partial charge on any atom is 0.447 e. The molecule has 1 amide bonds. The van der Waals surface area contributed by atoms with Gasteiger partial charge in [-0.15, -0.1) is 0 Å². The highest BCUT2D eigenvalue weighted by Crippen LogP contribution is 2.43. The second-order valence-corrected chi connectivity index (χ2v) is 8.36. The Kier molecular flexibility index (Phi) is 7.41. The predicted molar refractivity (Wildman–Crippen MR) is 104 cm³/mol. The molecule has 1 aliphatic heterocycles. The van der Waals surface area contributed by atoms with Gasteiger partial charge in [0, 0.05) is 30.1 Å². The maximum atomic E-state index is 12.2. The number of nitrogens with two attached hydrogens (primary N) is 1. The first kappa shape index (κ1) is 24.7. The third-order valence-electron chi connectivity index (χ3n) is 4.60. The van der Waals surface area contributed by atoms with E-state index < -0.39 is 55.5 Å². The van der Waals surface area contributed by atoms with Gasteiger partial charge in [-0.2, -0.15) is 9.79 Å². The molecule has 6 N–H and O–H groups in total. The number of aliphatic hydroxyl groups is 1. The van der Waals surface area contributed by atoms with E-state index in [9.17, 15) is 33.8 Å². The highest BCUT2D eigenvalue weighted by atomic mass is 31.2. The van der Waals surface area contributed by atoms with Gasteiger partial charge in [0.2, 0.25) is 0 Å². The number of likely N-dealkylation sites (N-methyl/N-ethyl adjacent to an activating group) is 1. The van der Waals surface area contributed by atoms with Crippen LogP contribution >= 0.6 is 7.75 Å². The molecule has 172 valence electrons. The molecule has 0 bridgehead atoms. The van der Waals surface area contributed by atoms with E-state index in [1.807, 2.05) is 0 Å². The lowest BCUT2D eigenvalue weighted by Crippen LogP contribution is -2.56. The van der Waals surface area contributed by atoms with E-state index in [0.717, 1.165) is 11.6 Å². The molecule has 17 heteroatoms. The van der Waals surface area contributed by atoms with Crippen molar-refractivity contribution in [2.45, 2.75) is 50.9 Å². The van der Waals surface area contributed by atoms with E-state index in [-0.39, 0.29) is 16.8 Å². The van der Waals surface area contributed by atoms with Crippen molar-refractivity contribution < 1.29 is 29.0 Å². The minimum absolute atomic E-state index is 0.0114. The summed E-state index contributed by atoms with van der Waals surface area (Å²) in [5, 5.41) is 14.7. The molecule has 1 unspecified atom stereocenters. The van der Waals surface area contributed by atoms with Crippen LogP contribution in [0, 0.1) is 6.92 Å². The van der Waals surface area contributed by atoms with Gasteiger partial charge in [-0.1, -0.05) is 5.11 Å². The van der Waals surface area contributed by atoms with Crippen LogP contribution in [0.4, 0.5) is 0 Å². The van der Waals surface area contributed by atoms with Crippen LogP contribution < -0.4 is 17.0 Å². The number of azide groups is 1. The Bertz CT molecular complexity index is 1040. The molecule has 16 nitrogen and oxygen atoms in total. The summed E-state index contributed by atoms with van der Waals surface area (Å²) in [6, 6.07) is -2.40. The van der Waals surface area contributed by atoms with Gasteiger partial charge < -0.3 is 25.4 Å².